The Morgan fingerprint density at radius 1 is 0.679 bits per heavy atom. The minimum absolute atomic E-state index is 0.0453. The van der Waals surface area contributed by atoms with Crippen LogP contribution in [0, 0.1) is 52.3 Å². The van der Waals surface area contributed by atoms with Gasteiger partial charge in [-0.1, -0.05) is 27.7 Å². The van der Waals surface area contributed by atoms with E-state index in [1.54, 1.807) is 14.2 Å². The lowest BCUT2D eigenvalue weighted by Crippen LogP contribution is -2.66. The van der Waals surface area contributed by atoms with E-state index in [2.05, 4.69) is 27.7 Å². The van der Waals surface area contributed by atoms with E-state index in [1.807, 2.05) is 0 Å². The third kappa shape index (κ3) is 6.48. The van der Waals surface area contributed by atoms with Crippen molar-refractivity contribution in [1.82, 2.24) is 0 Å². The molecule has 322 valence electrons. The van der Waals surface area contributed by atoms with Crippen molar-refractivity contribution in [1.29, 1.82) is 0 Å². The summed E-state index contributed by atoms with van der Waals surface area (Å²) in [5.74, 6) is 0.898. The minimum Gasteiger partial charge on any atom is -0.394 e. The summed E-state index contributed by atoms with van der Waals surface area (Å²) in [6.07, 6.45) is -7.57. The Balaban J connectivity index is 1.08. The van der Waals surface area contributed by atoms with Crippen LogP contribution in [0.1, 0.15) is 85.5 Å². The van der Waals surface area contributed by atoms with Crippen molar-refractivity contribution in [3.63, 3.8) is 0 Å². The second-order valence-corrected chi connectivity index (χ2v) is 19.4. The Morgan fingerprint density at radius 3 is 2.00 bits per heavy atom. The summed E-state index contributed by atoms with van der Waals surface area (Å²) in [5.41, 5.74) is -0.116. The summed E-state index contributed by atoms with van der Waals surface area (Å²) in [6.45, 7) is 8.88. The zero-order valence-corrected chi connectivity index (χ0v) is 33.9. The van der Waals surface area contributed by atoms with Crippen LogP contribution in [0.3, 0.4) is 0 Å². The molecule has 8 fully saturated rings. The highest BCUT2D eigenvalue weighted by Gasteiger charge is 2.71. The molecule has 15 nitrogen and oxygen atoms in total. The first kappa shape index (κ1) is 42.1. The third-order valence-electron chi connectivity index (χ3n) is 16.9. The first-order chi connectivity index (χ1) is 26.6. The Bertz CT molecular complexity index is 1370. The molecular formula is C41H68O15. The summed E-state index contributed by atoms with van der Waals surface area (Å²) in [5, 5.41) is 74.6. The van der Waals surface area contributed by atoms with E-state index in [-0.39, 0.29) is 28.8 Å². The Labute approximate surface area is 330 Å². The predicted octanol–water partition coefficient (Wildman–Crippen LogP) is 1.04. The molecule has 0 aromatic carbocycles. The van der Waals surface area contributed by atoms with Crippen molar-refractivity contribution in [3.05, 3.63) is 0 Å². The Morgan fingerprint density at radius 2 is 1.36 bits per heavy atom. The number of fused-ring (bicyclic) bond motifs is 7. The number of aliphatic hydroxyl groups is 7. The molecule has 4 saturated heterocycles. The fourth-order valence-electron chi connectivity index (χ4n) is 13.7. The highest BCUT2D eigenvalue weighted by molar-refractivity contribution is 5.17. The normalized spacial score (nSPS) is 56.6. The van der Waals surface area contributed by atoms with Crippen molar-refractivity contribution in [3.8, 4) is 0 Å². The molecule has 0 amide bonds. The number of hydrogen-bond acceptors (Lipinski definition) is 15. The van der Waals surface area contributed by atoms with Crippen LogP contribution in [-0.4, -0.2) is 155 Å². The Hall–Kier alpha value is -0.600. The van der Waals surface area contributed by atoms with E-state index in [4.69, 9.17) is 37.9 Å². The van der Waals surface area contributed by atoms with Crippen LogP contribution < -0.4 is 0 Å². The molecule has 22 atom stereocenters. The third-order valence-corrected chi connectivity index (χ3v) is 16.9. The van der Waals surface area contributed by atoms with Gasteiger partial charge in [-0.3, -0.25) is 0 Å². The van der Waals surface area contributed by atoms with Gasteiger partial charge in [0.05, 0.1) is 32.0 Å². The number of hydrogen-bond donors (Lipinski definition) is 7. The largest absolute Gasteiger partial charge is 0.394 e. The van der Waals surface area contributed by atoms with Gasteiger partial charge in [-0.15, -0.1) is 0 Å². The highest BCUT2D eigenvalue weighted by atomic mass is 16.7. The van der Waals surface area contributed by atoms with Crippen molar-refractivity contribution < 1.29 is 73.6 Å². The summed E-state index contributed by atoms with van der Waals surface area (Å²) in [6, 6.07) is 0. The second-order valence-electron chi connectivity index (χ2n) is 19.4. The fraction of sp³-hybridized carbons (Fsp3) is 1.00. The molecule has 1 spiro atoms. The van der Waals surface area contributed by atoms with Crippen molar-refractivity contribution >= 4 is 0 Å². The molecule has 4 aliphatic carbocycles. The van der Waals surface area contributed by atoms with Crippen molar-refractivity contribution in [2.24, 2.45) is 52.3 Å². The monoisotopic (exact) mass is 800 g/mol. The Kier molecular flexibility index (Phi) is 11.6. The molecule has 4 heterocycles. The molecule has 4 saturated carbocycles. The van der Waals surface area contributed by atoms with Crippen LogP contribution in [-0.2, 0) is 37.9 Å². The summed E-state index contributed by atoms with van der Waals surface area (Å²) >= 11 is 0. The SMILES string of the molecule is COC1(OC)CC[C@@]2(C)[C@H](C1)[C@@H](O[C@@H]1O[C@H](CO)[C@@H](O)[C@H](O[C@@H]3O[C@H](CO)[C@@H](O)[C@H](O)[C@H]3O)[C@H]1O)C[C@@H]1[C@@H]2CC[C@]2(C)[C@@H]3[C@H](C[C@@H]12)O[C@]1(CC[C@@H](C)CO1)[C@H]3C. The van der Waals surface area contributed by atoms with Crippen LogP contribution in [0.25, 0.3) is 0 Å². The maximum Gasteiger partial charge on any atom is 0.187 e. The molecule has 8 aliphatic rings. The molecule has 0 radical (unpaired) electrons. The topological polar surface area (TPSA) is 215 Å². The molecular weight excluding hydrogens is 732 g/mol. The lowest BCUT2D eigenvalue weighted by molar-refractivity contribution is -0.371. The molecule has 7 N–H and O–H groups in total. The van der Waals surface area contributed by atoms with Gasteiger partial charge in [0.2, 0.25) is 0 Å². The molecule has 0 unspecified atom stereocenters. The number of rotatable bonds is 8. The van der Waals surface area contributed by atoms with Crippen LogP contribution >= 0.6 is 0 Å². The average molecular weight is 801 g/mol. The van der Waals surface area contributed by atoms with Gasteiger partial charge < -0.3 is 73.6 Å². The maximum absolute atomic E-state index is 11.9. The first-order valence-corrected chi connectivity index (χ1v) is 21.2. The van der Waals surface area contributed by atoms with Gasteiger partial charge in [0.15, 0.2) is 24.2 Å². The van der Waals surface area contributed by atoms with Gasteiger partial charge in [0.1, 0.15) is 48.8 Å². The van der Waals surface area contributed by atoms with Crippen LogP contribution in [0.2, 0.25) is 0 Å². The van der Waals surface area contributed by atoms with Gasteiger partial charge in [-0.2, -0.15) is 0 Å². The van der Waals surface area contributed by atoms with Gasteiger partial charge in [0, 0.05) is 39.4 Å². The lowest BCUT2D eigenvalue weighted by atomic mass is 9.43. The molecule has 4 aliphatic heterocycles. The fourth-order valence-corrected chi connectivity index (χ4v) is 13.7. The van der Waals surface area contributed by atoms with E-state index in [0.29, 0.717) is 42.4 Å². The van der Waals surface area contributed by atoms with E-state index in [9.17, 15) is 35.7 Å². The summed E-state index contributed by atoms with van der Waals surface area (Å²) in [4.78, 5) is 0. The molecule has 0 bridgehead atoms. The first-order valence-electron chi connectivity index (χ1n) is 21.2. The average Bonchev–Trinajstić information content (AvgIpc) is 3.64. The van der Waals surface area contributed by atoms with Gasteiger partial charge >= 0.3 is 0 Å². The van der Waals surface area contributed by atoms with E-state index in [0.717, 1.165) is 51.6 Å². The molecule has 15 heteroatoms. The molecule has 0 aromatic heterocycles. The van der Waals surface area contributed by atoms with Crippen molar-refractivity contribution in [2.75, 3.05) is 34.0 Å². The van der Waals surface area contributed by atoms with Crippen LogP contribution in [0.5, 0.6) is 0 Å². The molecule has 56 heavy (non-hydrogen) atoms. The molecule has 8 rings (SSSR count). The number of ether oxygens (including phenoxy) is 8. The predicted molar refractivity (Wildman–Crippen MR) is 195 cm³/mol. The van der Waals surface area contributed by atoms with Gasteiger partial charge in [-0.05, 0) is 84.9 Å². The van der Waals surface area contributed by atoms with Gasteiger partial charge in [-0.25, -0.2) is 0 Å². The highest BCUT2D eigenvalue weighted by Crippen LogP contribution is 2.72. The van der Waals surface area contributed by atoms with Crippen LogP contribution in [0.4, 0.5) is 0 Å². The smallest absolute Gasteiger partial charge is 0.187 e. The zero-order chi connectivity index (χ0) is 40.1. The van der Waals surface area contributed by atoms with Gasteiger partial charge in [0.25, 0.3) is 0 Å². The van der Waals surface area contributed by atoms with Crippen molar-refractivity contribution in [2.45, 2.75) is 171 Å². The second kappa shape index (κ2) is 15.4. The van der Waals surface area contributed by atoms with E-state index in [1.165, 1.54) is 0 Å². The lowest BCUT2D eigenvalue weighted by Gasteiger charge is -2.64. The summed E-state index contributed by atoms with van der Waals surface area (Å²) in [7, 11) is 3.34. The minimum atomic E-state index is -1.77. The zero-order valence-electron chi connectivity index (χ0n) is 33.9. The standard InChI is InChI=1S/C41H68O15/c1-19-7-10-41(51-18-19)20(2)29-26(56-41)14-23-21-13-25(24-15-40(49-5,50-6)12-11-38(24,3)22(21)8-9-39(23,29)4)52-37-34(48)35(31(45)28(17-43)54-37)55-36-33(47)32(46)30(44)27(16-42)53-36/h19-37,42-48H,7-18H2,1-6H3/t19-,20+,21-,22+,23+,24-,25+,26+,27-,28-,29+,30-,31-,32+,33-,34-,35+,36+,37-,38-,39+,41-/m1/s1. The molecule has 0 aromatic rings. The van der Waals surface area contributed by atoms with E-state index < -0.39 is 92.3 Å². The quantitative estimate of drug-likeness (QED) is 0.135. The van der Waals surface area contributed by atoms with E-state index >= 15 is 0 Å². The number of methoxy groups -OCH3 is 2. The maximum atomic E-state index is 11.9. The number of aliphatic hydroxyl groups excluding tert-OH is 7. The van der Waals surface area contributed by atoms with Crippen LogP contribution in [0.15, 0.2) is 0 Å². The summed E-state index contributed by atoms with van der Waals surface area (Å²) < 4.78 is 50.3.